The minimum absolute atomic E-state index is 0.121. The highest BCUT2D eigenvalue weighted by molar-refractivity contribution is 6.35. The van der Waals surface area contributed by atoms with Crippen LogP contribution < -0.4 is 0 Å². The summed E-state index contributed by atoms with van der Waals surface area (Å²) in [5.41, 5.74) is -1.88. The van der Waals surface area contributed by atoms with E-state index in [2.05, 4.69) is 0 Å². The van der Waals surface area contributed by atoms with Gasteiger partial charge in [-0.15, -0.1) is 0 Å². The molecule has 0 fully saturated rings. The Hall–Kier alpha value is -0.770. The number of carboxylic acid groups (broad SMARTS) is 1. The highest BCUT2D eigenvalue weighted by atomic mass is 35.5. The molecule has 0 saturated carbocycles. The summed E-state index contributed by atoms with van der Waals surface area (Å²) in [6.45, 7) is 1.16. The van der Waals surface area contributed by atoms with Crippen molar-refractivity contribution in [3.8, 4) is 0 Å². The molecule has 1 aromatic rings. The van der Waals surface area contributed by atoms with Crippen LogP contribution in [0.1, 0.15) is 12.5 Å². The molecule has 1 unspecified atom stereocenters. The zero-order chi connectivity index (χ0) is 10.9. The lowest BCUT2D eigenvalue weighted by molar-refractivity contribution is -0.157. The van der Waals surface area contributed by atoms with E-state index in [4.69, 9.17) is 28.3 Å². The molecule has 1 aromatic carbocycles. The lowest BCUT2D eigenvalue weighted by Gasteiger charge is -2.19. The topological polar surface area (TPSA) is 57.5 Å². The SMILES string of the molecule is CC(O)(C(=O)O)c1ccc(Cl)cc1Cl. The van der Waals surface area contributed by atoms with Crippen LogP contribution in [-0.4, -0.2) is 16.2 Å². The number of benzene rings is 1. The van der Waals surface area contributed by atoms with E-state index in [0.29, 0.717) is 5.02 Å². The van der Waals surface area contributed by atoms with E-state index in [1.165, 1.54) is 18.2 Å². The third-order valence-corrected chi connectivity index (χ3v) is 2.42. The van der Waals surface area contributed by atoms with Crippen LogP contribution in [0.2, 0.25) is 10.0 Å². The summed E-state index contributed by atoms with van der Waals surface area (Å²) < 4.78 is 0. The molecule has 5 heteroatoms. The number of aliphatic carboxylic acids is 1. The van der Waals surface area contributed by atoms with Crippen LogP contribution >= 0.6 is 23.2 Å². The Balaban J connectivity index is 3.26. The molecular formula is C9H8Cl2O3. The second-order valence-electron chi connectivity index (χ2n) is 3.00. The predicted molar refractivity (Wildman–Crippen MR) is 53.7 cm³/mol. The second kappa shape index (κ2) is 3.77. The van der Waals surface area contributed by atoms with Gasteiger partial charge in [0.05, 0.1) is 0 Å². The van der Waals surface area contributed by atoms with Crippen LogP contribution in [0.4, 0.5) is 0 Å². The molecule has 0 aliphatic rings. The maximum absolute atomic E-state index is 10.7. The number of carboxylic acids is 1. The molecule has 0 bridgehead atoms. The largest absolute Gasteiger partial charge is 0.479 e. The third kappa shape index (κ3) is 2.00. The maximum Gasteiger partial charge on any atom is 0.340 e. The first-order valence-electron chi connectivity index (χ1n) is 3.77. The lowest BCUT2D eigenvalue weighted by atomic mass is 9.96. The van der Waals surface area contributed by atoms with Gasteiger partial charge in [0.2, 0.25) is 0 Å². The van der Waals surface area contributed by atoms with Crippen molar-refractivity contribution in [2.24, 2.45) is 0 Å². The zero-order valence-corrected chi connectivity index (χ0v) is 8.80. The summed E-state index contributed by atoms with van der Waals surface area (Å²) in [7, 11) is 0. The smallest absolute Gasteiger partial charge is 0.340 e. The normalized spacial score (nSPS) is 14.9. The van der Waals surface area contributed by atoms with Gasteiger partial charge < -0.3 is 10.2 Å². The summed E-state index contributed by atoms with van der Waals surface area (Å²) in [6.07, 6.45) is 0. The molecule has 0 heterocycles. The molecule has 3 nitrogen and oxygen atoms in total. The summed E-state index contributed by atoms with van der Waals surface area (Å²) in [5.74, 6) is -1.36. The first-order valence-corrected chi connectivity index (χ1v) is 4.52. The van der Waals surface area contributed by atoms with Crippen molar-refractivity contribution < 1.29 is 15.0 Å². The van der Waals surface area contributed by atoms with Crippen molar-refractivity contribution in [1.82, 2.24) is 0 Å². The van der Waals surface area contributed by atoms with Crippen LogP contribution in [0, 0.1) is 0 Å². The molecule has 0 aromatic heterocycles. The molecule has 76 valence electrons. The lowest BCUT2D eigenvalue weighted by Crippen LogP contribution is -2.32. The molecule has 1 atom stereocenters. The second-order valence-corrected chi connectivity index (χ2v) is 3.85. The van der Waals surface area contributed by atoms with E-state index in [1.54, 1.807) is 0 Å². The number of aliphatic hydroxyl groups is 1. The first-order chi connectivity index (χ1) is 6.35. The molecular weight excluding hydrogens is 227 g/mol. The molecule has 0 spiro atoms. The van der Waals surface area contributed by atoms with Crippen LogP contribution in [-0.2, 0) is 10.4 Å². The number of hydrogen-bond acceptors (Lipinski definition) is 2. The maximum atomic E-state index is 10.7. The number of hydrogen-bond donors (Lipinski definition) is 2. The van der Waals surface area contributed by atoms with E-state index >= 15 is 0 Å². The van der Waals surface area contributed by atoms with Gasteiger partial charge in [-0.05, 0) is 19.1 Å². The number of halogens is 2. The zero-order valence-electron chi connectivity index (χ0n) is 7.29. The molecule has 1 rings (SSSR count). The molecule has 0 aliphatic heterocycles. The Morgan fingerprint density at radius 3 is 2.43 bits per heavy atom. The Labute approximate surface area is 90.9 Å². The van der Waals surface area contributed by atoms with Gasteiger partial charge in [0, 0.05) is 15.6 Å². The van der Waals surface area contributed by atoms with E-state index < -0.39 is 11.6 Å². The van der Waals surface area contributed by atoms with Crippen LogP contribution in [0.15, 0.2) is 18.2 Å². The average Bonchev–Trinajstić information content (AvgIpc) is 2.02. The van der Waals surface area contributed by atoms with Crippen LogP contribution in [0.3, 0.4) is 0 Å². The number of rotatable bonds is 2. The van der Waals surface area contributed by atoms with Crippen LogP contribution in [0.5, 0.6) is 0 Å². The fourth-order valence-electron chi connectivity index (χ4n) is 0.999. The van der Waals surface area contributed by atoms with Gasteiger partial charge in [-0.25, -0.2) is 4.79 Å². The highest BCUT2D eigenvalue weighted by Crippen LogP contribution is 2.30. The standard InChI is InChI=1S/C9H8Cl2O3/c1-9(14,8(12)13)6-3-2-5(10)4-7(6)11/h2-4,14H,1H3,(H,12,13). The van der Waals surface area contributed by atoms with Crippen molar-refractivity contribution in [3.05, 3.63) is 33.8 Å². The van der Waals surface area contributed by atoms with Gasteiger partial charge in [0.25, 0.3) is 0 Å². The van der Waals surface area contributed by atoms with Gasteiger partial charge in [-0.3, -0.25) is 0 Å². The Kier molecular flexibility index (Phi) is 3.04. The molecule has 0 saturated heterocycles. The van der Waals surface area contributed by atoms with Crippen LogP contribution in [0.25, 0.3) is 0 Å². The van der Waals surface area contributed by atoms with Crippen molar-refractivity contribution in [2.45, 2.75) is 12.5 Å². The Bertz CT molecular complexity index is 374. The van der Waals surface area contributed by atoms with E-state index in [1.807, 2.05) is 0 Å². The Morgan fingerprint density at radius 1 is 1.43 bits per heavy atom. The van der Waals surface area contributed by atoms with Gasteiger partial charge >= 0.3 is 5.97 Å². The fourth-order valence-corrected chi connectivity index (χ4v) is 1.59. The summed E-state index contributed by atoms with van der Waals surface area (Å²) in [6, 6.07) is 4.24. The van der Waals surface area contributed by atoms with E-state index in [9.17, 15) is 9.90 Å². The molecule has 14 heavy (non-hydrogen) atoms. The third-order valence-electron chi connectivity index (χ3n) is 1.87. The molecule has 0 aliphatic carbocycles. The quantitative estimate of drug-likeness (QED) is 0.826. The first kappa shape index (κ1) is 11.3. The molecule has 0 amide bonds. The van der Waals surface area contributed by atoms with Gasteiger partial charge in [-0.1, -0.05) is 29.3 Å². The minimum Gasteiger partial charge on any atom is -0.479 e. The fraction of sp³-hybridized carbons (Fsp3) is 0.222. The van der Waals surface area contributed by atoms with E-state index in [0.717, 1.165) is 6.92 Å². The molecule has 0 radical (unpaired) electrons. The van der Waals surface area contributed by atoms with Crippen molar-refractivity contribution in [1.29, 1.82) is 0 Å². The summed E-state index contributed by atoms with van der Waals surface area (Å²) in [4.78, 5) is 10.7. The summed E-state index contributed by atoms with van der Waals surface area (Å²) in [5, 5.41) is 18.9. The number of carbonyl (C=O) groups is 1. The van der Waals surface area contributed by atoms with Gasteiger partial charge in [-0.2, -0.15) is 0 Å². The summed E-state index contributed by atoms with van der Waals surface area (Å²) >= 11 is 11.4. The average molecular weight is 235 g/mol. The van der Waals surface area contributed by atoms with Crippen molar-refractivity contribution in [3.63, 3.8) is 0 Å². The van der Waals surface area contributed by atoms with Crippen molar-refractivity contribution in [2.75, 3.05) is 0 Å². The minimum atomic E-state index is -2.00. The highest BCUT2D eigenvalue weighted by Gasteiger charge is 2.34. The van der Waals surface area contributed by atoms with Gasteiger partial charge in [0.15, 0.2) is 5.60 Å². The molecule has 2 N–H and O–H groups in total. The van der Waals surface area contributed by atoms with Crippen molar-refractivity contribution >= 4 is 29.2 Å². The van der Waals surface area contributed by atoms with E-state index in [-0.39, 0.29) is 10.6 Å². The van der Waals surface area contributed by atoms with Gasteiger partial charge in [0.1, 0.15) is 0 Å². The predicted octanol–water partition coefficient (Wildman–Crippen LogP) is 2.29. The monoisotopic (exact) mass is 234 g/mol. The Morgan fingerprint density at radius 2 is 2.00 bits per heavy atom.